The van der Waals surface area contributed by atoms with Gasteiger partial charge in [-0.25, -0.2) is 4.79 Å². The molecule has 0 fully saturated rings. The van der Waals surface area contributed by atoms with Gasteiger partial charge in [-0.3, -0.25) is 9.97 Å². The number of urea groups is 1. The van der Waals surface area contributed by atoms with E-state index in [9.17, 15) is 4.79 Å². The summed E-state index contributed by atoms with van der Waals surface area (Å²) in [4.78, 5) is 20.6. The summed E-state index contributed by atoms with van der Waals surface area (Å²) in [6.45, 7) is 0.528. The number of aromatic nitrogens is 2. The molecule has 3 aromatic rings. The molecule has 0 bridgehead atoms. The van der Waals surface area contributed by atoms with Crippen molar-refractivity contribution in [2.75, 3.05) is 6.54 Å². The lowest BCUT2D eigenvalue weighted by Gasteiger charge is -2.20. The van der Waals surface area contributed by atoms with E-state index in [1.165, 1.54) is 0 Å². The van der Waals surface area contributed by atoms with Crippen molar-refractivity contribution in [2.24, 2.45) is 0 Å². The number of carbonyl (C=O) groups is 1. The van der Waals surface area contributed by atoms with E-state index < -0.39 is 0 Å². The minimum Gasteiger partial charge on any atom is -0.338 e. The minimum atomic E-state index is -0.223. The van der Waals surface area contributed by atoms with Crippen LogP contribution in [0.5, 0.6) is 0 Å². The third kappa shape index (κ3) is 4.88. The largest absolute Gasteiger partial charge is 0.338 e. The summed E-state index contributed by atoms with van der Waals surface area (Å²) >= 11 is 0. The van der Waals surface area contributed by atoms with Crippen molar-refractivity contribution in [3.05, 3.63) is 96.1 Å². The Morgan fingerprint density at radius 3 is 2.32 bits per heavy atom. The molecule has 0 saturated heterocycles. The Morgan fingerprint density at radius 2 is 1.60 bits per heavy atom. The molecule has 1 aromatic carbocycles. The Morgan fingerprint density at radius 1 is 0.880 bits per heavy atom. The number of carbonyl (C=O) groups excluding carboxylic acids is 1. The van der Waals surface area contributed by atoms with Gasteiger partial charge in [0.05, 0.1) is 6.04 Å². The smallest absolute Gasteiger partial charge is 0.315 e. The highest BCUT2D eigenvalue weighted by molar-refractivity contribution is 5.75. The highest BCUT2D eigenvalue weighted by Gasteiger charge is 2.16. The van der Waals surface area contributed by atoms with Crippen LogP contribution < -0.4 is 10.6 Å². The number of amides is 2. The van der Waals surface area contributed by atoms with Gasteiger partial charge in [0.25, 0.3) is 0 Å². The molecule has 126 valence electrons. The van der Waals surface area contributed by atoms with E-state index in [2.05, 4.69) is 20.6 Å². The Hall–Kier alpha value is -3.21. The fourth-order valence-corrected chi connectivity index (χ4v) is 2.59. The van der Waals surface area contributed by atoms with Crippen LogP contribution in [-0.2, 0) is 6.42 Å². The second kappa shape index (κ2) is 8.59. The van der Waals surface area contributed by atoms with Crippen LogP contribution in [0.4, 0.5) is 4.79 Å². The van der Waals surface area contributed by atoms with Crippen LogP contribution >= 0.6 is 0 Å². The quantitative estimate of drug-likeness (QED) is 0.729. The van der Waals surface area contributed by atoms with Gasteiger partial charge in [0.15, 0.2) is 0 Å². The molecule has 3 rings (SSSR count). The molecule has 1 unspecified atom stereocenters. The zero-order valence-electron chi connectivity index (χ0n) is 13.8. The van der Waals surface area contributed by atoms with Crippen LogP contribution in [0.3, 0.4) is 0 Å². The summed E-state index contributed by atoms with van der Waals surface area (Å²) in [5.41, 5.74) is 2.96. The molecule has 2 heterocycles. The summed E-state index contributed by atoms with van der Waals surface area (Å²) in [5, 5.41) is 5.93. The lowest BCUT2D eigenvalue weighted by atomic mass is 10.00. The predicted octanol–water partition coefficient (Wildman–Crippen LogP) is 3.11. The van der Waals surface area contributed by atoms with Gasteiger partial charge in [-0.1, -0.05) is 36.4 Å². The number of hydrogen-bond acceptors (Lipinski definition) is 3. The van der Waals surface area contributed by atoms with Crippen LogP contribution in [0.2, 0.25) is 0 Å². The van der Waals surface area contributed by atoms with Crippen molar-refractivity contribution in [1.29, 1.82) is 0 Å². The highest BCUT2D eigenvalue weighted by Crippen LogP contribution is 2.21. The van der Waals surface area contributed by atoms with Gasteiger partial charge in [0, 0.05) is 37.3 Å². The second-order valence-electron chi connectivity index (χ2n) is 5.60. The molecule has 5 nitrogen and oxygen atoms in total. The zero-order chi connectivity index (χ0) is 17.3. The second-order valence-corrected chi connectivity index (χ2v) is 5.60. The first kappa shape index (κ1) is 16.6. The number of hydrogen-bond donors (Lipinski definition) is 2. The third-order valence-electron chi connectivity index (χ3n) is 3.84. The van der Waals surface area contributed by atoms with E-state index in [4.69, 9.17) is 0 Å². The Bertz CT molecular complexity index is 739. The van der Waals surface area contributed by atoms with E-state index in [-0.39, 0.29) is 12.1 Å². The van der Waals surface area contributed by atoms with Gasteiger partial charge in [0.1, 0.15) is 0 Å². The topological polar surface area (TPSA) is 66.9 Å². The van der Waals surface area contributed by atoms with E-state index in [0.29, 0.717) is 13.0 Å². The average Bonchev–Trinajstić information content (AvgIpc) is 2.68. The summed E-state index contributed by atoms with van der Waals surface area (Å²) in [6, 6.07) is 19.0. The molecule has 2 amide bonds. The van der Waals surface area contributed by atoms with Gasteiger partial charge in [-0.15, -0.1) is 0 Å². The average molecular weight is 332 g/mol. The van der Waals surface area contributed by atoms with E-state index >= 15 is 0 Å². The van der Waals surface area contributed by atoms with Crippen LogP contribution in [0, 0.1) is 0 Å². The van der Waals surface area contributed by atoms with Gasteiger partial charge in [-0.2, -0.15) is 0 Å². The molecular weight excluding hydrogens is 312 g/mol. The Labute approximate surface area is 147 Å². The molecule has 5 heteroatoms. The van der Waals surface area contributed by atoms with Crippen molar-refractivity contribution in [3.8, 4) is 0 Å². The first-order valence-electron chi connectivity index (χ1n) is 8.22. The summed E-state index contributed by atoms with van der Waals surface area (Å²) in [6.07, 6.45) is 5.90. The molecule has 25 heavy (non-hydrogen) atoms. The highest BCUT2D eigenvalue weighted by atomic mass is 16.2. The first-order chi connectivity index (χ1) is 12.3. The Balaban J connectivity index is 1.63. The molecule has 2 N–H and O–H groups in total. The molecule has 0 aliphatic carbocycles. The molecule has 0 radical (unpaired) electrons. The number of rotatable bonds is 6. The molecule has 1 atom stereocenters. The van der Waals surface area contributed by atoms with Gasteiger partial charge in [0.2, 0.25) is 0 Å². The molecule has 0 aliphatic rings. The molecule has 0 spiro atoms. The number of benzene rings is 1. The van der Waals surface area contributed by atoms with Crippen molar-refractivity contribution in [1.82, 2.24) is 20.6 Å². The maximum absolute atomic E-state index is 12.3. The molecule has 0 saturated carbocycles. The van der Waals surface area contributed by atoms with Gasteiger partial charge >= 0.3 is 6.03 Å². The lowest BCUT2D eigenvalue weighted by Crippen LogP contribution is -2.39. The molecule has 0 aliphatic heterocycles. The predicted molar refractivity (Wildman–Crippen MR) is 97.0 cm³/mol. The number of nitrogens with zero attached hydrogens (tertiary/aromatic N) is 2. The van der Waals surface area contributed by atoms with E-state index in [0.717, 1.165) is 16.8 Å². The fourth-order valence-electron chi connectivity index (χ4n) is 2.59. The monoisotopic (exact) mass is 332 g/mol. The minimum absolute atomic E-state index is 0.207. The van der Waals surface area contributed by atoms with E-state index in [1.807, 2.05) is 60.7 Å². The Kier molecular flexibility index (Phi) is 5.72. The van der Waals surface area contributed by atoms with Gasteiger partial charge in [-0.05, 0) is 35.4 Å². The van der Waals surface area contributed by atoms with Crippen LogP contribution in [-0.4, -0.2) is 22.5 Å². The SMILES string of the molecule is O=C(NCCc1ccccn1)NC(c1ccccc1)c1ccncc1. The van der Waals surface area contributed by atoms with Crippen LogP contribution in [0.15, 0.2) is 79.3 Å². The number of pyridine rings is 2. The molecule has 2 aromatic heterocycles. The standard InChI is InChI=1S/C20H20N4O/c25-20(23-15-11-18-8-4-5-12-22-18)24-19(16-6-2-1-3-7-16)17-9-13-21-14-10-17/h1-10,12-14,19H,11,15H2,(H2,23,24,25). The van der Waals surface area contributed by atoms with Crippen LogP contribution in [0.25, 0.3) is 0 Å². The fraction of sp³-hybridized carbons (Fsp3) is 0.150. The summed E-state index contributed by atoms with van der Waals surface area (Å²) < 4.78 is 0. The van der Waals surface area contributed by atoms with Crippen LogP contribution in [0.1, 0.15) is 22.9 Å². The zero-order valence-corrected chi connectivity index (χ0v) is 13.8. The van der Waals surface area contributed by atoms with E-state index in [1.54, 1.807) is 18.6 Å². The van der Waals surface area contributed by atoms with Crippen molar-refractivity contribution in [2.45, 2.75) is 12.5 Å². The maximum atomic E-state index is 12.3. The maximum Gasteiger partial charge on any atom is 0.315 e. The summed E-state index contributed by atoms with van der Waals surface area (Å²) in [5.74, 6) is 0. The van der Waals surface area contributed by atoms with Crippen molar-refractivity contribution >= 4 is 6.03 Å². The number of nitrogens with one attached hydrogen (secondary N) is 2. The molecular formula is C20H20N4O. The lowest BCUT2D eigenvalue weighted by molar-refractivity contribution is 0.239. The summed E-state index contributed by atoms with van der Waals surface area (Å²) in [7, 11) is 0. The first-order valence-corrected chi connectivity index (χ1v) is 8.22. The van der Waals surface area contributed by atoms with Crippen molar-refractivity contribution in [3.63, 3.8) is 0 Å². The third-order valence-corrected chi connectivity index (χ3v) is 3.84. The van der Waals surface area contributed by atoms with Crippen molar-refractivity contribution < 1.29 is 4.79 Å². The normalized spacial score (nSPS) is 11.5. The van der Waals surface area contributed by atoms with Gasteiger partial charge < -0.3 is 10.6 Å².